The predicted molar refractivity (Wildman–Crippen MR) is 110 cm³/mol. The second kappa shape index (κ2) is 9.67. The SMILES string of the molecule is CCN1CCCC1CN(Cc1cccnc1)Cc1cc(C)sc1C.Cl. The van der Waals surface area contributed by atoms with Gasteiger partial charge in [0, 0.05) is 47.8 Å². The second-order valence-electron chi connectivity index (χ2n) is 6.89. The zero-order chi connectivity index (χ0) is 16.9. The highest BCUT2D eigenvalue weighted by molar-refractivity contribution is 7.12. The number of nitrogens with zero attached hydrogens (tertiary/aromatic N) is 3. The van der Waals surface area contributed by atoms with Crippen molar-refractivity contribution in [3.8, 4) is 0 Å². The highest BCUT2D eigenvalue weighted by atomic mass is 35.5. The summed E-state index contributed by atoms with van der Waals surface area (Å²) in [5.41, 5.74) is 2.80. The van der Waals surface area contributed by atoms with E-state index in [9.17, 15) is 0 Å². The molecule has 3 rings (SSSR count). The minimum absolute atomic E-state index is 0. The molecule has 5 heteroatoms. The normalized spacial score (nSPS) is 17.8. The maximum absolute atomic E-state index is 4.29. The van der Waals surface area contributed by atoms with E-state index in [0.717, 1.165) is 19.6 Å². The average molecular weight is 380 g/mol. The van der Waals surface area contributed by atoms with Crippen molar-refractivity contribution < 1.29 is 0 Å². The number of rotatable bonds is 7. The lowest BCUT2D eigenvalue weighted by Crippen LogP contribution is -2.39. The first-order chi connectivity index (χ1) is 11.7. The molecule has 1 aliphatic heterocycles. The molecular formula is C20H30ClN3S. The molecule has 2 aromatic heterocycles. The fourth-order valence-electron chi connectivity index (χ4n) is 3.83. The predicted octanol–water partition coefficient (Wildman–Crippen LogP) is 4.67. The Morgan fingerprint density at radius 1 is 1.32 bits per heavy atom. The Morgan fingerprint density at radius 3 is 2.80 bits per heavy atom. The Hall–Kier alpha value is -0.940. The summed E-state index contributed by atoms with van der Waals surface area (Å²) in [5.74, 6) is 0. The summed E-state index contributed by atoms with van der Waals surface area (Å²) in [4.78, 5) is 12.4. The number of hydrogen-bond acceptors (Lipinski definition) is 4. The van der Waals surface area contributed by atoms with Crippen LogP contribution in [0.5, 0.6) is 0 Å². The third-order valence-corrected chi connectivity index (χ3v) is 6.05. The van der Waals surface area contributed by atoms with Gasteiger partial charge in [-0.05, 0) is 63.0 Å². The molecule has 0 bridgehead atoms. The molecule has 25 heavy (non-hydrogen) atoms. The lowest BCUT2D eigenvalue weighted by atomic mass is 10.1. The summed E-state index contributed by atoms with van der Waals surface area (Å²) >= 11 is 1.92. The molecule has 1 aliphatic rings. The monoisotopic (exact) mass is 379 g/mol. The second-order valence-corrected chi connectivity index (χ2v) is 8.35. The average Bonchev–Trinajstić information content (AvgIpc) is 3.14. The van der Waals surface area contributed by atoms with Crippen LogP contribution >= 0.6 is 23.7 Å². The quantitative estimate of drug-likeness (QED) is 0.696. The van der Waals surface area contributed by atoms with E-state index < -0.39 is 0 Å². The molecule has 3 heterocycles. The van der Waals surface area contributed by atoms with E-state index in [1.54, 1.807) is 0 Å². The topological polar surface area (TPSA) is 19.4 Å². The number of likely N-dealkylation sites (tertiary alicyclic amines) is 1. The van der Waals surface area contributed by atoms with Crippen LogP contribution in [-0.2, 0) is 13.1 Å². The van der Waals surface area contributed by atoms with Crippen LogP contribution in [-0.4, -0.2) is 40.5 Å². The molecule has 1 fully saturated rings. The zero-order valence-corrected chi connectivity index (χ0v) is 17.2. The molecule has 0 amide bonds. The molecule has 1 atom stereocenters. The summed E-state index contributed by atoms with van der Waals surface area (Å²) in [6.45, 7) is 12.4. The van der Waals surface area contributed by atoms with E-state index >= 15 is 0 Å². The van der Waals surface area contributed by atoms with Gasteiger partial charge in [0.25, 0.3) is 0 Å². The van der Waals surface area contributed by atoms with Gasteiger partial charge >= 0.3 is 0 Å². The van der Waals surface area contributed by atoms with Gasteiger partial charge < -0.3 is 0 Å². The van der Waals surface area contributed by atoms with Gasteiger partial charge in [-0.25, -0.2) is 0 Å². The van der Waals surface area contributed by atoms with Gasteiger partial charge in [-0.15, -0.1) is 23.7 Å². The summed E-state index contributed by atoms with van der Waals surface area (Å²) in [6.07, 6.45) is 6.54. The van der Waals surface area contributed by atoms with E-state index in [1.807, 2.05) is 29.8 Å². The molecule has 1 saturated heterocycles. The smallest absolute Gasteiger partial charge is 0.0312 e. The summed E-state index contributed by atoms with van der Waals surface area (Å²) < 4.78 is 0. The van der Waals surface area contributed by atoms with Gasteiger partial charge in [0.05, 0.1) is 0 Å². The van der Waals surface area contributed by atoms with Crippen LogP contribution in [0.2, 0.25) is 0 Å². The van der Waals surface area contributed by atoms with E-state index in [4.69, 9.17) is 0 Å². The first-order valence-electron chi connectivity index (χ1n) is 9.07. The zero-order valence-electron chi connectivity index (χ0n) is 15.6. The molecule has 0 aromatic carbocycles. The van der Waals surface area contributed by atoms with Crippen molar-refractivity contribution in [1.82, 2.24) is 14.8 Å². The third-order valence-electron chi connectivity index (χ3n) is 5.04. The van der Waals surface area contributed by atoms with Crippen LogP contribution in [0.3, 0.4) is 0 Å². The Morgan fingerprint density at radius 2 is 2.16 bits per heavy atom. The Kier molecular flexibility index (Phi) is 7.88. The highest BCUT2D eigenvalue weighted by Crippen LogP contribution is 2.24. The lowest BCUT2D eigenvalue weighted by Gasteiger charge is -2.30. The Labute approximate surface area is 162 Å². The van der Waals surface area contributed by atoms with Gasteiger partial charge in [-0.2, -0.15) is 0 Å². The van der Waals surface area contributed by atoms with Gasteiger partial charge in [0.15, 0.2) is 0 Å². The molecule has 3 nitrogen and oxygen atoms in total. The molecule has 0 radical (unpaired) electrons. The van der Waals surface area contributed by atoms with E-state index in [2.05, 4.69) is 47.7 Å². The maximum atomic E-state index is 4.29. The summed E-state index contributed by atoms with van der Waals surface area (Å²) in [5, 5.41) is 0. The van der Waals surface area contributed by atoms with Gasteiger partial charge in [0.2, 0.25) is 0 Å². The first-order valence-corrected chi connectivity index (χ1v) is 9.88. The number of aromatic nitrogens is 1. The molecule has 0 spiro atoms. The van der Waals surface area contributed by atoms with Crippen molar-refractivity contribution >= 4 is 23.7 Å². The van der Waals surface area contributed by atoms with Gasteiger partial charge in [0.1, 0.15) is 0 Å². The fraction of sp³-hybridized carbons (Fsp3) is 0.550. The van der Waals surface area contributed by atoms with Crippen molar-refractivity contribution in [3.63, 3.8) is 0 Å². The molecular weight excluding hydrogens is 350 g/mol. The summed E-state index contributed by atoms with van der Waals surface area (Å²) in [7, 11) is 0. The maximum Gasteiger partial charge on any atom is 0.0312 e. The van der Waals surface area contributed by atoms with Crippen LogP contribution in [0, 0.1) is 13.8 Å². The number of hydrogen-bond donors (Lipinski definition) is 0. The van der Waals surface area contributed by atoms with Crippen molar-refractivity contribution in [2.24, 2.45) is 0 Å². The Bertz CT molecular complexity index is 644. The molecule has 0 saturated carbocycles. The minimum atomic E-state index is 0. The highest BCUT2D eigenvalue weighted by Gasteiger charge is 2.25. The molecule has 138 valence electrons. The fourth-order valence-corrected chi connectivity index (χ4v) is 4.77. The first kappa shape index (κ1) is 20.4. The number of pyridine rings is 1. The molecule has 0 aliphatic carbocycles. The van der Waals surface area contributed by atoms with E-state index in [-0.39, 0.29) is 12.4 Å². The third kappa shape index (κ3) is 5.52. The molecule has 0 N–H and O–H groups in total. The number of likely N-dealkylation sites (N-methyl/N-ethyl adjacent to an activating group) is 1. The molecule has 1 unspecified atom stereocenters. The van der Waals surface area contributed by atoms with Gasteiger partial charge in [-0.1, -0.05) is 13.0 Å². The van der Waals surface area contributed by atoms with Crippen LogP contribution in [0.1, 0.15) is 40.6 Å². The van der Waals surface area contributed by atoms with Crippen molar-refractivity contribution in [2.45, 2.75) is 52.7 Å². The molecule has 2 aromatic rings. The van der Waals surface area contributed by atoms with E-state index in [0.29, 0.717) is 6.04 Å². The summed E-state index contributed by atoms with van der Waals surface area (Å²) in [6, 6.07) is 7.30. The largest absolute Gasteiger partial charge is 0.299 e. The lowest BCUT2D eigenvalue weighted by molar-refractivity contribution is 0.166. The van der Waals surface area contributed by atoms with Crippen LogP contribution < -0.4 is 0 Å². The van der Waals surface area contributed by atoms with Crippen LogP contribution in [0.15, 0.2) is 30.6 Å². The van der Waals surface area contributed by atoms with Crippen molar-refractivity contribution in [1.29, 1.82) is 0 Å². The van der Waals surface area contributed by atoms with Crippen LogP contribution in [0.4, 0.5) is 0 Å². The van der Waals surface area contributed by atoms with Crippen LogP contribution in [0.25, 0.3) is 0 Å². The number of thiophene rings is 1. The number of halogens is 1. The minimum Gasteiger partial charge on any atom is -0.299 e. The van der Waals surface area contributed by atoms with Gasteiger partial charge in [-0.3, -0.25) is 14.8 Å². The van der Waals surface area contributed by atoms with E-state index in [1.165, 1.54) is 46.8 Å². The van der Waals surface area contributed by atoms with Crippen molar-refractivity contribution in [2.75, 3.05) is 19.6 Å². The Balaban J connectivity index is 0.00000225. The standard InChI is InChI=1S/C20H29N3S.ClH/c1-4-23-10-6-8-20(23)15-22(13-18-7-5-9-21-12-18)14-19-11-16(2)24-17(19)3;/h5,7,9,11-12,20H,4,6,8,10,13-15H2,1-3H3;1H. The number of aryl methyl sites for hydroxylation is 2. The van der Waals surface area contributed by atoms with Crippen molar-refractivity contribution in [3.05, 3.63) is 51.5 Å².